The summed E-state index contributed by atoms with van der Waals surface area (Å²) in [6.45, 7) is 8.44. The number of pyridine rings is 4. The number of nitrogens with zero attached hydrogens (tertiary/aromatic N) is 6. The summed E-state index contributed by atoms with van der Waals surface area (Å²) in [5.41, 5.74) is 18.1. The van der Waals surface area contributed by atoms with Gasteiger partial charge in [0.05, 0.1) is 33.3 Å². The van der Waals surface area contributed by atoms with Crippen LogP contribution in [0, 0.1) is 0 Å². The molecular formula is C122H86BBrN6O2. The van der Waals surface area contributed by atoms with Crippen LogP contribution in [0.2, 0.25) is 0 Å². The third-order valence-electron chi connectivity index (χ3n) is 26.5. The van der Waals surface area contributed by atoms with Crippen LogP contribution in [-0.4, -0.2) is 38.3 Å². The van der Waals surface area contributed by atoms with Crippen molar-refractivity contribution in [3.8, 4) is 55.6 Å². The molecule has 25 rings (SSSR count). The number of aromatic nitrogens is 4. The summed E-state index contributed by atoms with van der Waals surface area (Å²) in [5.74, 6) is 3.30. The number of rotatable bonds is 12. The third kappa shape index (κ3) is 15.1. The van der Waals surface area contributed by atoms with Crippen LogP contribution in [0.5, 0.6) is 0 Å². The molecule has 0 radical (unpaired) electrons. The quantitative estimate of drug-likeness (QED) is 0.0885. The second kappa shape index (κ2) is 33.7. The topological polar surface area (TPSA) is 76.5 Å². The van der Waals surface area contributed by atoms with Crippen LogP contribution >= 0.6 is 15.9 Å². The highest BCUT2D eigenvalue weighted by Gasteiger charge is 2.52. The maximum atomic E-state index is 6.53. The van der Waals surface area contributed by atoms with E-state index in [-0.39, 0.29) is 0 Å². The van der Waals surface area contributed by atoms with Gasteiger partial charge in [0, 0.05) is 37.4 Å². The van der Waals surface area contributed by atoms with Gasteiger partial charge >= 0.3 is 7.12 Å². The Morgan fingerprint density at radius 1 is 0.212 bits per heavy atom. The summed E-state index contributed by atoms with van der Waals surface area (Å²) in [7, 11) is -0.436. The van der Waals surface area contributed by atoms with Crippen LogP contribution in [-0.2, 0) is 9.31 Å². The summed E-state index contributed by atoms with van der Waals surface area (Å²) in [6, 6.07) is 160. The number of fused-ring (bicyclic) bond motifs is 12. The molecule has 1 aliphatic rings. The number of para-hydroxylation sites is 4. The molecule has 132 heavy (non-hydrogen) atoms. The monoisotopic (exact) mass is 1760 g/mol. The number of benzene rings is 20. The Balaban J connectivity index is 0.000000121. The Morgan fingerprint density at radius 3 is 0.803 bits per heavy atom. The minimum absolute atomic E-state index is 0.409. The molecule has 0 saturated carbocycles. The number of hydrogen-bond acceptors (Lipinski definition) is 8. The van der Waals surface area contributed by atoms with Gasteiger partial charge in [0.25, 0.3) is 0 Å². The predicted molar refractivity (Wildman–Crippen MR) is 561 cm³/mol. The molecule has 24 aromatic rings. The zero-order valence-electron chi connectivity index (χ0n) is 73.2. The van der Waals surface area contributed by atoms with Crippen LogP contribution in [0.4, 0.5) is 34.6 Å². The van der Waals surface area contributed by atoms with Gasteiger partial charge in [-0.25, -0.2) is 19.9 Å². The minimum Gasteiger partial charge on any atom is -0.399 e. The van der Waals surface area contributed by atoms with E-state index in [0.717, 1.165) is 99.3 Å². The average Bonchev–Trinajstić information content (AvgIpc) is 0.918. The molecule has 1 aliphatic heterocycles. The molecule has 0 atom stereocenters. The van der Waals surface area contributed by atoms with Crippen molar-refractivity contribution in [1.29, 1.82) is 0 Å². The van der Waals surface area contributed by atoms with Crippen LogP contribution in [0.3, 0.4) is 0 Å². The Labute approximate surface area is 774 Å². The number of halogens is 1. The first-order valence-electron chi connectivity index (χ1n) is 45.0. The molecule has 0 bridgehead atoms. The first-order chi connectivity index (χ1) is 64.8. The Morgan fingerprint density at radius 2 is 0.462 bits per heavy atom. The van der Waals surface area contributed by atoms with Gasteiger partial charge < -0.3 is 9.31 Å². The van der Waals surface area contributed by atoms with Crippen LogP contribution in [0.1, 0.15) is 27.7 Å². The van der Waals surface area contributed by atoms with Gasteiger partial charge in [-0.05, 0) is 314 Å². The van der Waals surface area contributed by atoms with Gasteiger partial charge in [-0.2, -0.15) is 0 Å². The van der Waals surface area contributed by atoms with E-state index in [1.54, 1.807) is 0 Å². The first-order valence-corrected chi connectivity index (χ1v) is 45.8. The second-order valence-electron chi connectivity index (χ2n) is 35.1. The van der Waals surface area contributed by atoms with Gasteiger partial charge in [0.15, 0.2) is 0 Å². The Bertz CT molecular complexity index is 8510. The molecule has 0 aliphatic carbocycles. The molecule has 1 fully saturated rings. The minimum atomic E-state index is -0.436. The normalized spacial score (nSPS) is 12.9. The van der Waals surface area contributed by atoms with Crippen molar-refractivity contribution in [2.24, 2.45) is 0 Å². The zero-order chi connectivity index (χ0) is 88.5. The van der Waals surface area contributed by atoms with Gasteiger partial charge in [-0.15, -0.1) is 0 Å². The van der Waals surface area contributed by atoms with Crippen LogP contribution in [0.25, 0.3) is 185 Å². The lowest BCUT2D eigenvalue weighted by atomic mass is 9.76. The lowest BCUT2D eigenvalue weighted by Crippen LogP contribution is -2.41. The molecule has 626 valence electrons. The van der Waals surface area contributed by atoms with E-state index in [4.69, 9.17) is 29.2 Å². The molecule has 0 spiro atoms. The molecule has 20 aromatic carbocycles. The van der Waals surface area contributed by atoms with Crippen LogP contribution in [0.15, 0.2) is 453 Å². The van der Waals surface area contributed by atoms with Crippen molar-refractivity contribution < 1.29 is 9.31 Å². The van der Waals surface area contributed by atoms with Crippen molar-refractivity contribution in [1.82, 2.24) is 19.9 Å². The third-order valence-corrected chi connectivity index (χ3v) is 27.1. The van der Waals surface area contributed by atoms with E-state index in [0.29, 0.717) is 0 Å². The Hall–Kier alpha value is -15.8. The van der Waals surface area contributed by atoms with E-state index < -0.39 is 18.3 Å². The highest BCUT2D eigenvalue weighted by Crippen LogP contribution is 2.50. The fourth-order valence-corrected chi connectivity index (χ4v) is 19.4. The maximum Gasteiger partial charge on any atom is 0.494 e. The summed E-state index contributed by atoms with van der Waals surface area (Å²) in [6.07, 6.45) is 0. The Kier molecular flexibility index (Phi) is 20.6. The molecule has 8 nitrogen and oxygen atoms in total. The van der Waals surface area contributed by atoms with E-state index in [1.807, 2.05) is 72.8 Å². The fourth-order valence-electron chi connectivity index (χ4n) is 19.2. The molecule has 4 aromatic heterocycles. The highest BCUT2D eigenvalue weighted by molar-refractivity contribution is 9.10. The summed E-state index contributed by atoms with van der Waals surface area (Å²) in [4.78, 5) is 24.3. The van der Waals surface area contributed by atoms with Crippen molar-refractivity contribution in [3.63, 3.8) is 0 Å². The molecule has 0 unspecified atom stereocenters. The zero-order valence-corrected chi connectivity index (χ0v) is 74.8. The van der Waals surface area contributed by atoms with Crippen LogP contribution < -0.4 is 15.3 Å². The summed E-state index contributed by atoms with van der Waals surface area (Å²) in [5, 5.41) is 24.2. The summed E-state index contributed by atoms with van der Waals surface area (Å²) < 4.78 is 14.1. The van der Waals surface area contributed by atoms with Crippen molar-refractivity contribution >= 4 is 193 Å². The number of anilines is 6. The van der Waals surface area contributed by atoms with E-state index in [9.17, 15) is 0 Å². The van der Waals surface area contributed by atoms with Gasteiger partial charge in [0.1, 0.15) is 23.3 Å². The van der Waals surface area contributed by atoms with Crippen molar-refractivity contribution in [3.05, 3.63) is 453 Å². The molecular weight excluding hydrogens is 1670 g/mol. The molecule has 5 heterocycles. The standard InChI is InChI=1S/C58H37N3.C40H33BO2.C24H16BrN3/c1-3-15-43-35-46(23-21-38(43)11-1)57-49-17-7-8-18-50(49)58(47-24-22-39-12-2-4-16-44(39)36-47)52-37-45(27-32-51(52)57)40-25-30-48(31-26-40)61(55-33-28-41-13-5-9-19-53(41)59-55)56-34-29-42-14-6-10-20-54(42)60-56;1-39(2)40(3,4)43-41(42-39)32-21-22-35-36(25-32)38(31-20-18-27-12-6-8-14-29(27)24-31)34-16-10-9-15-33(34)37(35)30-19-17-26-11-5-7-13-28(26)23-30;25-19-11-13-20(14-12-19)28(23-15-9-17-5-1-3-7-21(17)26-23)24-16-10-18-6-2-4-8-22(18)27-24/h1-37H;5-25H,1-4H3;1-16H. The van der Waals surface area contributed by atoms with Gasteiger partial charge in [-0.1, -0.05) is 325 Å². The molecule has 10 heteroatoms. The second-order valence-corrected chi connectivity index (χ2v) is 36.1. The van der Waals surface area contributed by atoms with Gasteiger partial charge in [0.2, 0.25) is 0 Å². The fraction of sp³-hybridized carbons (Fsp3) is 0.0492. The van der Waals surface area contributed by atoms with E-state index in [2.05, 4.69) is 430 Å². The molecule has 1 saturated heterocycles. The first kappa shape index (κ1) is 80.7. The lowest BCUT2D eigenvalue weighted by molar-refractivity contribution is 0.00578. The predicted octanol–water partition coefficient (Wildman–Crippen LogP) is 32.8. The number of hydrogen-bond donors (Lipinski definition) is 0. The summed E-state index contributed by atoms with van der Waals surface area (Å²) >= 11 is 3.52. The molecule has 0 amide bonds. The van der Waals surface area contributed by atoms with Gasteiger partial charge in [-0.3, -0.25) is 9.80 Å². The largest absolute Gasteiger partial charge is 0.494 e. The van der Waals surface area contributed by atoms with Crippen molar-refractivity contribution in [2.45, 2.75) is 38.9 Å². The molecule has 0 N–H and O–H groups in total. The highest BCUT2D eigenvalue weighted by atomic mass is 79.9. The van der Waals surface area contributed by atoms with E-state index >= 15 is 0 Å². The van der Waals surface area contributed by atoms with Crippen molar-refractivity contribution in [2.75, 3.05) is 9.80 Å². The van der Waals surface area contributed by atoms with E-state index in [1.165, 1.54) is 131 Å². The smallest absolute Gasteiger partial charge is 0.399 e. The lowest BCUT2D eigenvalue weighted by Gasteiger charge is -2.32. The average molecular weight is 1760 g/mol. The maximum absolute atomic E-state index is 6.53. The SMILES string of the molecule is Brc1ccc(N(c2ccc3ccccc3n2)c2ccc3ccccc3n2)cc1.CC1(C)OB(c2ccc3c(-c4ccc5ccccc5c4)c4ccccc4c(-c4ccc5ccccc5c4)c3c2)OC1(C)C.c1ccc2cc(-c3c4ccccc4c(-c4ccc5ccccc5c4)c4cc(-c5ccc(N(c6ccc7ccccc7n6)c6ccc7ccccc7n6)cc5)ccc34)ccc2c1.